The van der Waals surface area contributed by atoms with E-state index in [0.29, 0.717) is 17.9 Å². The van der Waals surface area contributed by atoms with Gasteiger partial charge >= 0.3 is 0 Å². The van der Waals surface area contributed by atoms with E-state index < -0.39 is 0 Å². The number of carbonyl (C=O) groups is 1. The SMILES string of the molecule is Cc1cccc(C=O)c1OCCCCCCO. The molecule has 0 aliphatic heterocycles. The van der Waals surface area contributed by atoms with E-state index in [1.807, 2.05) is 19.1 Å². The van der Waals surface area contributed by atoms with Crippen molar-refractivity contribution >= 4 is 6.29 Å². The smallest absolute Gasteiger partial charge is 0.153 e. The van der Waals surface area contributed by atoms with Crippen LogP contribution in [0.3, 0.4) is 0 Å². The Morgan fingerprint density at radius 2 is 2.00 bits per heavy atom. The van der Waals surface area contributed by atoms with Crippen molar-refractivity contribution in [1.82, 2.24) is 0 Å². The molecule has 94 valence electrons. The fourth-order valence-electron chi connectivity index (χ4n) is 1.71. The van der Waals surface area contributed by atoms with Crippen molar-refractivity contribution in [3.05, 3.63) is 29.3 Å². The van der Waals surface area contributed by atoms with Crippen molar-refractivity contribution in [3.8, 4) is 5.75 Å². The third kappa shape index (κ3) is 4.57. The van der Waals surface area contributed by atoms with Gasteiger partial charge in [-0.1, -0.05) is 18.6 Å². The number of ether oxygens (including phenoxy) is 1. The van der Waals surface area contributed by atoms with Gasteiger partial charge in [0.1, 0.15) is 5.75 Å². The lowest BCUT2D eigenvalue weighted by molar-refractivity contribution is 0.111. The summed E-state index contributed by atoms with van der Waals surface area (Å²) in [5, 5.41) is 8.64. The molecular formula is C14H20O3. The number of aryl methyl sites for hydroxylation is 1. The third-order valence-corrected chi connectivity index (χ3v) is 2.67. The number of hydrogen-bond donors (Lipinski definition) is 1. The van der Waals surface area contributed by atoms with Crippen LogP contribution in [0.15, 0.2) is 18.2 Å². The average molecular weight is 236 g/mol. The van der Waals surface area contributed by atoms with Gasteiger partial charge in [0.25, 0.3) is 0 Å². The third-order valence-electron chi connectivity index (χ3n) is 2.67. The van der Waals surface area contributed by atoms with Gasteiger partial charge in [0.15, 0.2) is 6.29 Å². The monoisotopic (exact) mass is 236 g/mol. The van der Waals surface area contributed by atoms with Crippen molar-refractivity contribution in [2.24, 2.45) is 0 Å². The molecule has 0 aliphatic rings. The highest BCUT2D eigenvalue weighted by atomic mass is 16.5. The van der Waals surface area contributed by atoms with E-state index in [4.69, 9.17) is 9.84 Å². The number of aldehydes is 1. The van der Waals surface area contributed by atoms with Crippen LogP contribution in [0.2, 0.25) is 0 Å². The minimum Gasteiger partial charge on any atom is -0.493 e. The Morgan fingerprint density at radius 1 is 1.24 bits per heavy atom. The summed E-state index contributed by atoms with van der Waals surface area (Å²) in [6, 6.07) is 5.56. The van der Waals surface area contributed by atoms with Gasteiger partial charge < -0.3 is 9.84 Å². The number of benzene rings is 1. The van der Waals surface area contributed by atoms with E-state index >= 15 is 0 Å². The molecule has 0 aliphatic carbocycles. The van der Waals surface area contributed by atoms with E-state index in [2.05, 4.69) is 0 Å². The van der Waals surface area contributed by atoms with Gasteiger partial charge in [-0.05, 0) is 37.8 Å². The van der Waals surface area contributed by atoms with Crippen LogP contribution in [0.25, 0.3) is 0 Å². The molecule has 0 aromatic heterocycles. The molecule has 3 heteroatoms. The van der Waals surface area contributed by atoms with Crippen LogP contribution in [0.1, 0.15) is 41.6 Å². The fourth-order valence-corrected chi connectivity index (χ4v) is 1.71. The minimum absolute atomic E-state index is 0.258. The maximum atomic E-state index is 10.8. The number of rotatable bonds is 8. The second kappa shape index (κ2) is 7.85. The number of para-hydroxylation sites is 1. The molecule has 0 fully saturated rings. The second-order valence-electron chi connectivity index (χ2n) is 4.10. The van der Waals surface area contributed by atoms with Gasteiger partial charge in [-0.3, -0.25) is 4.79 Å². The Kier molecular flexibility index (Phi) is 6.33. The van der Waals surface area contributed by atoms with Crippen molar-refractivity contribution in [2.45, 2.75) is 32.6 Å². The Bertz CT molecular complexity index is 347. The topological polar surface area (TPSA) is 46.5 Å². The number of aliphatic hydroxyl groups excluding tert-OH is 1. The van der Waals surface area contributed by atoms with Crippen LogP contribution >= 0.6 is 0 Å². The van der Waals surface area contributed by atoms with E-state index in [9.17, 15) is 4.79 Å². The van der Waals surface area contributed by atoms with E-state index in [1.165, 1.54) is 0 Å². The van der Waals surface area contributed by atoms with Gasteiger partial charge in [0, 0.05) is 6.61 Å². The molecule has 1 rings (SSSR count). The van der Waals surface area contributed by atoms with Gasteiger partial charge in [-0.15, -0.1) is 0 Å². The normalized spacial score (nSPS) is 10.2. The van der Waals surface area contributed by atoms with Gasteiger partial charge in [0.2, 0.25) is 0 Å². The maximum Gasteiger partial charge on any atom is 0.153 e. The molecular weight excluding hydrogens is 216 g/mol. The summed E-state index contributed by atoms with van der Waals surface area (Å²) in [5.41, 5.74) is 1.60. The van der Waals surface area contributed by atoms with Crippen molar-refractivity contribution in [3.63, 3.8) is 0 Å². The van der Waals surface area contributed by atoms with E-state index in [0.717, 1.165) is 37.5 Å². The molecule has 17 heavy (non-hydrogen) atoms. The van der Waals surface area contributed by atoms with E-state index in [1.54, 1.807) is 6.07 Å². The zero-order valence-electron chi connectivity index (χ0n) is 10.3. The molecule has 1 N–H and O–H groups in total. The fraction of sp³-hybridized carbons (Fsp3) is 0.500. The highest BCUT2D eigenvalue weighted by Crippen LogP contribution is 2.22. The van der Waals surface area contributed by atoms with Crippen LogP contribution < -0.4 is 4.74 Å². The van der Waals surface area contributed by atoms with E-state index in [-0.39, 0.29) is 6.61 Å². The maximum absolute atomic E-state index is 10.8. The van der Waals surface area contributed by atoms with Crippen molar-refractivity contribution < 1.29 is 14.6 Å². The Morgan fingerprint density at radius 3 is 2.71 bits per heavy atom. The molecule has 1 aromatic rings. The van der Waals surface area contributed by atoms with Crippen LogP contribution in [0, 0.1) is 6.92 Å². The first-order valence-corrected chi connectivity index (χ1v) is 6.08. The lowest BCUT2D eigenvalue weighted by Gasteiger charge is -2.10. The first-order chi connectivity index (χ1) is 8.29. The highest BCUT2D eigenvalue weighted by molar-refractivity contribution is 5.80. The molecule has 1 aromatic carbocycles. The summed E-state index contributed by atoms with van der Waals surface area (Å²) < 4.78 is 5.65. The molecule has 0 saturated carbocycles. The van der Waals surface area contributed by atoms with Crippen LogP contribution in [0.5, 0.6) is 5.75 Å². The summed E-state index contributed by atoms with van der Waals surface area (Å²) in [6.45, 7) is 2.82. The number of hydrogen-bond acceptors (Lipinski definition) is 3. The molecule has 0 unspecified atom stereocenters. The Hall–Kier alpha value is -1.35. The summed E-state index contributed by atoms with van der Waals surface area (Å²) in [7, 11) is 0. The zero-order valence-corrected chi connectivity index (χ0v) is 10.3. The van der Waals surface area contributed by atoms with Gasteiger partial charge in [-0.25, -0.2) is 0 Å². The first kappa shape index (κ1) is 13.7. The Labute approximate surface area is 102 Å². The first-order valence-electron chi connectivity index (χ1n) is 6.08. The lowest BCUT2D eigenvalue weighted by Crippen LogP contribution is -2.02. The lowest BCUT2D eigenvalue weighted by atomic mass is 10.1. The average Bonchev–Trinajstić information content (AvgIpc) is 2.35. The Balaban J connectivity index is 2.38. The number of carbonyl (C=O) groups excluding carboxylic acids is 1. The molecule has 0 bridgehead atoms. The molecule has 0 heterocycles. The molecule has 0 spiro atoms. The molecule has 3 nitrogen and oxygen atoms in total. The summed E-state index contributed by atoms with van der Waals surface area (Å²) in [4.78, 5) is 10.8. The standard InChI is InChI=1S/C14H20O3/c1-12-7-6-8-13(11-16)14(12)17-10-5-3-2-4-9-15/h6-8,11,15H,2-5,9-10H2,1H3. The molecule has 0 saturated heterocycles. The highest BCUT2D eigenvalue weighted by Gasteiger charge is 2.05. The van der Waals surface area contributed by atoms with Gasteiger partial charge in [0.05, 0.1) is 12.2 Å². The molecule has 0 atom stereocenters. The summed E-state index contributed by atoms with van der Waals surface area (Å²) in [6.07, 6.45) is 4.70. The van der Waals surface area contributed by atoms with Crippen LogP contribution in [0.4, 0.5) is 0 Å². The number of unbranched alkanes of at least 4 members (excludes halogenated alkanes) is 3. The predicted octanol–water partition coefficient (Wildman–Crippen LogP) is 2.74. The molecule has 0 amide bonds. The quantitative estimate of drug-likeness (QED) is 0.557. The van der Waals surface area contributed by atoms with Gasteiger partial charge in [-0.2, -0.15) is 0 Å². The minimum atomic E-state index is 0.258. The number of aliphatic hydroxyl groups is 1. The largest absolute Gasteiger partial charge is 0.493 e. The van der Waals surface area contributed by atoms with Crippen LogP contribution in [-0.4, -0.2) is 24.6 Å². The molecule has 0 radical (unpaired) electrons. The zero-order chi connectivity index (χ0) is 12.5. The summed E-state index contributed by atoms with van der Waals surface area (Å²) >= 11 is 0. The van der Waals surface area contributed by atoms with Crippen LogP contribution in [-0.2, 0) is 0 Å². The van der Waals surface area contributed by atoms with Crippen molar-refractivity contribution in [1.29, 1.82) is 0 Å². The van der Waals surface area contributed by atoms with Crippen molar-refractivity contribution in [2.75, 3.05) is 13.2 Å². The predicted molar refractivity (Wildman–Crippen MR) is 67.6 cm³/mol. The second-order valence-corrected chi connectivity index (χ2v) is 4.10. The summed E-state index contributed by atoms with van der Waals surface area (Å²) in [5.74, 6) is 0.699.